The predicted octanol–water partition coefficient (Wildman–Crippen LogP) is 7.04. The Morgan fingerprint density at radius 1 is 0.710 bits per heavy atom. The average molecular weight is 422 g/mol. The number of nitrogens with one attached hydrogen (secondary N) is 1. The number of ketones is 1. The molecule has 1 aliphatic rings. The molecule has 0 bridgehead atoms. The molecule has 31 heavy (non-hydrogen) atoms. The van der Waals surface area contributed by atoms with Gasteiger partial charge >= 0.3 is 0 Å². The molecule has 3 heteroatoms. The van der Waals surface area contributed by atoms with Crippen LogP contribution in [0.15, 0.2) is 109 Å². The molecule has 1 N–H and O–H groups in total. The van der Waals surface area contributed by atoms with Crippen molar-refractivity contribution in [2.24, 2.45) is 0 Å². The number of Topliss-reactive ketones (excluding diaryl/α,β-unsaturated/α-hetero) is 1. The number of halogens is 1. The molecule has 0 aromatic heterocycles. The molecular weight excluding hydrogens is 402 g/mol. The highest BCUT2D eigenvalue weighted by Crippen LogP contribution is 2.45. The van der Waals surface area contributed by atoms with Crippen molar-refractivity contribution in [3.63, 3.8) is 0 Å². The smallest absolute Gasteiger partial charge is 0.177 e. The topological polar surface area (TPSA) is 29.1 Å². The van der Waals surface area contributed by atoms with Crippen LogP contribution < -0.4 is 5.32 Å². The number of allylic oxidation sites excluding steroid dienone is 1. The van der Waals surface area contributed by atoms with Crippen LogP contribution in [0.25, 0.3) is 11.3 Å². The molecule has 1 unspecified atom stereocenters. The summed E-state index contributed by atoms with van der Waals surface area (Å²) < 4.78 is 0. The van der Waals surface area contributed by atoms with Crippen molar-refractivity contribution >= 4 is 34.3 Å². The molecule has 0 saturated heterocycles. The number of fused-ring (bicyclic) bond motifs is 1. The van der Waals surface area contributed by atoms with Crippen molar-refractivity contribution in [1.82, 2.24) is 0 Å². The summed E-state index contributed by atoms with van der Waals surface area (Å²) in [6.45, 7) is 0. The highest BCUT2D eigenvalue weighted by atomic mass is 35.5. The van der Waals surface area contributed by atoms with E-state index in [2.05, 4.69) is 11.4 Å². The number of rotatable bonds is 4. The number of carbonyl (C=O) groups excluding carboxylic acids is 1. The summed E-state index contributed by atoms with van der Waals surface area (Å²) in [5, 5.41) is 4.18. The van der Waals surface area contributed by atoms with Crippen molar-refractivity contribution < 1.29 is 4.79 Å². The van der Waals surface area contributed by atoms with Gasteiger partial charge in [0.2, 0.25) is 0 Å². The minimum absolute atomic E-state index is 0.0979. The molecule has 0 saturated carbocycles. The molecule has 2 nitrogen and oxygen atoms in total. The standard InChI is InChI=1S/C28H20ClNO/c29-21-17-15-20(16-18-21)27(30-22-11-5-2-6-12-22)26-24-14-8-7-13-23(24)25(28(26)31)19-9-3-1-4-10-19/h1-18,25,30H/b27-26-. The van der Waals surface area contributed by atoms with Crippen LogP contribution in [0.2, 0.25) is 5.02 Å². The number of hydrogen-bond acceptors (Lipinski definition) is 2. The van der Waals surface area contributed by atoms with Crippen molar-refractivity contribution in [3.8, 4) is 0 Å². The Balaban J connectivity index is 1.74. The van der Waals surface area contributed by atoms with E-state index in [0.717, 1.165) is 33.6 Å². The molecular formula is C28H20ClNO. The van der Waals surface area contributed by atoms with Gasteiger partial charge in [-0.2, -0.15) is 0 Å². The predicted molar refractivity (Wildman–Crippen MR) is 128 cm³/mol. The fourth-order valence-electron chi connectivity index (χ4n) is 4.19. The highest BCUT2D eigenvalue weighted by molar-refractivity contribution is 6.35. The molecule has 0 heterocycles. The van der Waals surface area contributed by atoms with Gasteiger partial charge in [0.25, 0.3) is 0 Å². The highest BCUT2D eigenvalue weighted by Gasteiger charge is 2.38. The third-order valence-electron chi connectivity index (χ3n) is 5.61. The Labute approximate surface area is 186 Å². The van der Waals surface area contributed by atoms with Crippen LogP contribution in [0.4, 0.5) is 5.69 Å². The Bertz CT molecular complexity index is 1260. The van der Waals surface area contributed by atoms with Crippen LogP contribution in [0, 0.1) is 0 Å². The third-order valence-corrected chi connectivity index (χ3v) is 5.86. The van der Waals surface area contributed by atoms with Crippen LogP contribution in [0.3, 0.4) is 0 Å². The van der Waals surface area contributed by atoms with Gasteiger partial charge in [-0.25, -0.2) is 0 Å². The first-order valence-electron chi connectivity index (χ1n) is 10.2. The summed E-state index contributed by atoms with van der Waals surface area (Å²) in [6.07, 6.45) is 0. The van der Waals surface area contributed by atoms with Gasteiger partial charge in [0.1, 0.15) is 0 Å². The molecule has 0 fully saturated rings. The molecule has 1 atom stereocenters. The van der Waals surface area contributed by atoms with Gasteiger partial charge in [-0.3, -0.25) is 4.79 Å². The quantitative estimate of drug-likeness (QED) is 0.358. The largest absolute Gasteiger partial charge is 0.354 e. The van der Waals surface area contributed by atoms with Gasteiger partial charge in [-0.05, 0) is 46.5 Å². The normalized spacial score (nSPS) is 16.7. The lowest BCUT2D eigenvalue weighted by Crippen LogP contribution is -2.11. The minimum Gasteiger partial charge on any atom is -0.354 e. The van der Waals surface area contributed by atoms with Gasteiger partial charge < -0.3 is 5.32 Å². The number of para-hydroxylation sites is 1. The summed E-state index contributed by atoms with van der Waals surface area (Å²) in [4.78, 5) is 13.9. The molecule has 0 aliphatic heterocycles. The lowest BCUT2D eigenvalue weighted by molar-refractivity contribution is -0.113. The Hall–Kier alpha value is -3.62. The zero-order valence-corrected chi connectivity index (χ0v) is 17.5. The van der Waals surface area contributed by atoms with Gasteiger partial charge in [-0.1, -0.05) is 96.5 Å². The van der Waals surface area contributed by atoms with Crippen LogP contribution in [-0.4, -0.2) is 5.78 Å². The van der Waals surface area contributed by atoms with E-state index < -0.39 is 0 Å². The second kappa shape index (κ2) is 8.25. The van der Waals surface area contributed by atoms with E-state index >= 15 is 0 Å². The van der Waals surface area contributed by atoms with E-state index in [1.807, 2.05) is 103 Å². The minimum atomic E-state index is -0.313. The molecule has 0 spiro atoms. The molecule has 4 aromatic rings. The van der Waals surface area contributed by atoms with Crippen molar-refractivity contribution in [3.05, 3.63) is 136 Å². The van der Waals surface area contributed by atoms with E-state index in [-0.39, 0.29) is 11.7 Å². The van der Waals surface area contributed by atoms with Crippen molar-refractivity contribution in [2.45, 2.75) is 5.92 Å². The van der Waals surface area contributed by atoms with Gasteiger partial charge in [0.15, 0.2) is 5.78 Å². The molecule has 150 valence electrons. The van der Waals surface area contributed by atoms with E-state index in [0.29, 0.717) is 10.6 Å². The summed E-state index contributed by atoms with van der Waals surface area (Å²) in [5.74, 6) is -0.215. The molecule has 0 amide bonds. The van der Waals surface area contributed by atoms with E-state index in [1.165, 1.54) is 0 Å². The zero-order chi connectivity index (χ0) is 21.2. The second-order valence-corrected chi connectivity index (χ2v) is 7.98. The molecule has 1 aliphatic carbocycles. The maximum absolute atomic E-state index is 13.9. The third kappa shape index (κ3) is 3.67. The SMILES string of the molecule is O=C1/C(=C(\Nc2ccccc2)c2ccc(Cl)cc2)c2ccccc2C1c1ccccc1. The summed E-state index contributed by atoms with van der Waals surface area (Å²) >= 11 is 6.15. The van der Waals surface area contributed by atoms with Gasteiger partial charge in [0, 0.05) is 10.7 Å². The molecule has 4 aromatic carbocycles. The first-order chi connectivity index (χ1) is 15.2. The van der Waals surface area contributed by atoms with Crippen molar-refractivity contribution in [1.29, 1.82) is 0 Å². The van der Waals surface area contributed by atoms with Crippen LogP contribution >= 0.6 is 11.6 Å². The lowest BCUT2D eigenvalue weighted by Gasteiger charge is -2.16. The second-order valence-electron chi connectivity index (χ2n) is 7.54. The number of carbonyl (C=O) groups is 1. The van der Waals surface area contributed by atoms with E-state index in [9.17, 15) is 4.79 Å². The Kier molecular flexibility index (Phi) is 5.15. The fourth-order valence-corrected chi connectivity index (χ4v) is 4.32. The summed E-state index contributed by atoms with van der Waals surface area (Å²) in [5.41, 5.74) is 6.35. The maximum Gasteiger partial charge on any atom is 0.177 e. The number of benzene rings is 4. The first kappa shape index (κ1) is 19.3. The monoisotopic (exact) mass is 421 g/mol. The van der Waals surface area contributed by atoms with E-state index in [4.69, 9.17) is 11.6 Å². The average Bonchev–Trinajstić information content (AvgIpc) is 3.11. The summed E-state index contributed by atoms with van der Waals surface area (Å²) in [7, 11) is 0. The van der Waals surface area contributed by atoms with Crippen LogP contribution in [-0.2, 0) is 4.79 Å². The van der Waals surface area contributed by atoms with Crippen molar-refractivity contribution in [2.75, 3.05) is 5.32 Å². The first-order valence-corrected chi connectivity index (χ1v) is 10.6. The molecule has 5 rings (SSSR count). The van der Waals surface area contributed by atoms with Crippen LogP contribution in [0.5, 0.6) is 0 Å². The zero-order valence-electron chi connectivity index (χ0n) is 16.8. The number of hydrogen-bond donors (Lipinski definition) is 1. The van der Waals surface area contributed by atoms with Crippen LogP contribution in [0.1, 0.15) is 28.2 Å². The van der Waals surface area contributed by atoms with Gasteiger partial charge in [-0.15, -0.1) is 0 Å². The Morgan fingerprint density at radius 3 is 2.03 bits per heavy atom. The lowest BCUT2D eigenvalue weighted by atomic mass is 9.92. The van der Waals surface area contributed by atoms with E-state index in [1.54, 1.807) is 0 Å². The number of anilines is 1. The maximum atomic E-state index is 13.9. The molecule has 0 radical (unpaired) electrons. The van der Waals surface area contributed by atoms with Gasteiger partial charge in [0.05, 0.1) is 17.2 Å². The summed E-state index contributed by atoms with van der Waals surface area (Å²) in [6, 6.07) is 35.6. The fraction of sp³-hybridized carbons (Fsp3) is 0.0357. The Morgan fingerprint density at radius 2 is 1.32 bits per heavy atom.